The molecule has 1 atom stereocenters. The zero-order valence-corrected chi connectivity index (χ0v) is 12.8. The van der Waals surface area contributed by atoms with Crippen LogP contribution < -0.4 is 15.5 Å². The third kappa shape index (κ3) is 9.55. The van der Waals surface area contributed by atoms with Crippen molar-refractivity contribution in [3.05, 3.63) is 0 Å². The lowest BCUT2D eigenvalue weighted by atomic mass is 10.1. The first kappa shape index (κ1) is 18.0. The molecule has 2 amide bonds. The molecule has 0 aromatic carbocycles. The topological polar surface area (TPSA) is 79.5 Å². The Hall–Kier alpha value is -1.01. The molecule has 0 radical (unpaired) electrons. The summed E-state index contributed by atoms with van der Waals surface area (Å²) < 4.78 is 5.13. The number of carbonyl (C=O) groups excluding carboxylic acids is 2. The van der Waals surface area contributed by atoms with E-state index in [1.165, 1.54) is 7.05 Å². The molecule has 0 aliphatic carbocycles. The van der Waals surface area contributed by atoms with Crippen LogP contribution in [0.5, 0.6) is 0 Å². The maximum Gasteiger partial charge on any atom is 0.408 e. The molecule has 0 aromatic heterocycles. The van der Waals surface area contributed by atoms with Crippen LogP contribution in [0.4, 0.5) is 4.79 Å². The van der Waals surface area contributed by atoms with Gasteiger partial charge in [0.2, 0.25) is 5.91 Å². The molecule has 7 heteroatoms. The summed E-state index contributed by atoms with van der Waals surface area (Å²) >= 11 is 5.34. The minimum atomic E-state index is -0.588. The van der Waals surface area contributed by atoms with Crippen LogP contribution in [-0.4, -0.2) is 37.2 Å². The fourth-order valence-electron chi connectivity index (χ4n) is 1.43. The number of ether oxygens (including phenoxy) is 1. The fraction of sp³-hybridized carbons (Fsp3) is 0.833. The van der Waals surface area contributed by atoms with Gasteiger partial charge >= 0.3 is 6.09 Å². The molecule has 0 aliphatic heterocycles. The zero-order valence-electron chi connectivity index (χ0n) is 12.0. The van der Waals surface area contributed by atoms with Gasteiger partial charge in [-0.15, -0.1) is 0 Å². The number of unbranched alkanes of at least 4 members (excludes halogenated alkanes) is 1. The van der Waals surface area contributed by atoms with Crippen molar-refractivity contribution >= 4 is 23.8 Å². The molecule has 1 unspecified atom stereocenters. The third-order valence-electron chi connectivity index (χ3n) is 2.27. The van der Waals surface area contributed by atoms with Crippen LogP contribution in [0, 0.1) is 0 Å². The van der Waals surface area contributed by atoms with E-state index in [1.54, 1.807) is 20.8 Å². The average molecular weight is 294 g/mol. The highest BCUT2D eigenvalue weighted by molar-refractivity contribution is 6.13. The normalized spacial score (nSPS) is 12.7. The van der Waals surface area contributed by atoms with E-state index in [-0.39, 0.29) is 5.91 Å². The van der Waals surface area contributed by atoms with Gasteiger partial charge in [0, 0.05) is 13.6 Å². The van der Waals surface area contributed by atoms with Crippen molar-refractivity contribution in [2.75, 3.05) is 13.6 Å². The monoisotopic (exact) mass is 293 g/mol. The SMILES string of the molecule is CNC(=O)C(CCCCNCl)NC(=O)OC(C)(C)C. The van der Waals surface area contributed by atoms with Gasteiger partial charge in [0.25, 0.3) is 0 Å². The van der Waals surface area contributed by atoms with Gasteiger partial charge in [0.15, 0.2) is 0 Å². The second kappa shape index (κ2) is 8.98. The predicted molar refractivity (Wildman–Crippen MR) is 74.9 cm³/mol. The number of carbonyl (C=O) groups is 2. The Morgan fingerprint density at radius 3 is 2.37 bits per heavy atom. The molecule has 0 saturated heterocycles. The number of amides is 2. The fourth-order valence-corrected chi connectivity index (χ4v) is 1.57. The van der Waals surface area contributed by atoms with Crippen molar-refractivity contribution in [3.63, 3.8) is 0 Å². The smallest absolute Gasteiger partial charge is 0.408 e. The molecule has 0 aliphatic rings. The maximum atomic E-state index is 11.7. The van der Waals surface area contributed by atoms with Crippen LogP contribution in [0.3, 0.4) is 0 Å². The van der Waals surface area contributed by atoms with Gasteiger partial charge < -0.3 is 15.4 Å². The first-order valence-electron chi connectivity index (χ1n) is 6.34. The van der Waals surface area contributed by atoms with E-state index in [1.807, 2.05) is 0 Å². The summed E-state index contributed by atoms with van der Waals surface area (Å²) in [5.74, 6) is -0.232. The number of rotatable bonds is 7. The Morgan fingerprint density at radius 1 is 1.26 bits per heavy atom. The molecule has 6 nitrogen and oxygen atoms in total. The Kier molecular flexibility index (Phi) is 8.51. The van der Waals surface area contributed by atoms with Gasteiger partial charge in [-0.2, -0.15) is 0 Å². The van der Waals surface area contributed by atoms with Crippen LogP contribution >= 0.6 is 11.8 Å². The van der Waals surface area contributed by atoms with Gasteiger partial charge in [0.1, 0.15) is 11.6 Å². The van der Waals surface area contributed by atoms with E-state index < -0.39 is 17.7 Å². The lowest BCUT2D eigenvalue weighted by molar-refractivity contribution is -0.122. The first-order chi connectivity index (χ1) is 8.80. The lowest BCUT2D eigenvalue weighted by Crippen LogP contribution is -2.47. The number of halogens is 1. The summed E-state index contributed by atoms with van der Waals surface area (Å²) in [6, 6.07) is -0.588. The molecule has 0 bridgehead atoms. The molecule has 0 aromatic rings. The van der Waals surface area contributed by atoms with Crippen LogP contribution in [0.15, 0.2) is 0 Å². The second-order valence-corrected chi connectivity index (χ2v) is 5.46. The van der Waals surface area contributed by atoms with E-state index in [0.29, 0.717) is 13.0 Å². The molecule has 0 saturated carbocycles. The summed E-state index contributed by atoms with van der Waals surface area (Å²) in [5.41, 5.74) is -0.583. The maximum absolute atomic E-state index is 11.7. The molecule has 112 valence electrons. The average Bonchev–Trinajstić information content (AvgIpc) is 2.29. The second-order valence-electron chi connectivity index (χ2n) is 5.19. The van der Waals surface area contributed by atoms with E-state index >= 15 is 0 Å². The Bertz CT molecular complexity index is 292. The predicted octanol–water partition coefficient (Wildman–Crippen LogP) is 1.54. The van der Waals surface area contributed by atoms with Gasteiger partial charge in [0.05, 0.1) is 0 Å². The van der Waals surface area contributed by atoms with E-state index in [0.717, 1.165) is 12.8 Å². The molecule has 0 rings (SSSR count). The van der Waals surface area contributed by atoms with Crippen molar-refractivity contribution < 1.29 is 14.3 Å². The van der Waals surface area contributed by atoms with E-state index in [9.17, 15) is 9.59 Å². The Morgan fingerprint density at radius 2 is 1.89 bits per heavy atom. The minimum Gasteiger partial charge on any atom is -0.444 e. The van der Waals surface area contributed by atoms with Crippen molar-refractivity contribution in [2.45, 2.75) is 51.7 Å². The molecule has 0 spiro atoms. The van der Waals surface area contributed by atoms with Crippen molar-refractivity contribution in [1.29, 1.82) is 0 Å². The molecule has 3 N–H and O–H groups in total. The quantitative estimate of drug-likeness (QED) is 0.491. The Labute approximate surface area is 119 Å². The Balaban J connectivity index is 4.27. The van der Waals surface area contributed by atoms with Crippen LogP contribution in [0.25, 0.3) is 0 Å². The highest BCUT2D eigenvalue weighted by Crippen LogP contribution is 2.08. The van der Waals surface area contributed by atoms with Crippen molar-refractivity contribution in [1.82, 2.24) is 15.5 Å². The van der Waals surface area contributed by atoms with Crippen molar-refractivity contribution in [2.24, 2.45) is 0 Å². The molecular weight excluding hydrogens is 270 g/mol. The summed E-state index contributed by atoms with van der Waals surface area (Å²) in [7, 11) is 1.53. The summed E-state index contributed by atoms with van der Waals surface area (Å²) in [6.45, 7) is 5.98. The lowest BCUT2D eigenvalue weighted by Gasteiger charge is -2.23. The third-order valence-corrected chi connectivity index (χ3v) is 2.46. The number of alkyl carbamates (subject to hydrolysis) is 1. The largest absolute Gasteiger partial charge is 0.444 e. The highest BCUT2D eigenvalue weighted by Gasteiger charge is 2.23. The highest BCUT2D eigenvalue weighted by atomic mass is 35.5. The van der Waals surface area contributed by atoms with Crippen LogP contribution in [0.1, 0.15) is 40.0 Å². The van der Waals surface area contributed by atoms with Crippen molar-refractivity contribution in [3.8, 4) is 0 Å². The van der Waals surface area contributed by atoms with Gasteiger partial charge in [-0.1, -0.05) is 0 Å². The van der Waals surface area contributed by atoms with Gasteiger partial charge in [-0.25, -0.2) is 9.63 Å². The standard InChI is InChI=1S/C12H24ClN3O3/c1-12(2,3)19-11(18)16-9(10(17)14-4)7-5-6-8-15-13/h9,15H,5-8H2,1-4H3,(H,14,17)(H,16,18). The summed E-state index contributed by atoms with van der Waals surface area (Å²) in [4.78, 5) is 25.8. The zero-order chi connectivity index (χ0) is 14.9. The summed E-state index contributed by atoms with van der Waals surface area (Å²) in [6.07, 6.45) is 1.55. The van der Waals surface area contributed by atoms with Crippen LogP contribution in [-0.2, 0) is 9.53 Å². The molecule has 0 heterocycles. The molecule has 19 heavy (non-hydrogen) atoms. The van der Waals surface area contributed by atoms with E-state index in [4.69, 9.17) is 16.5 Å². The first-order valence-corrected chi connectivity index (χ1v) is 6.72. The van der Waals surface area contributed by atoms with Gasteiger partial charge in [-0.05, 0) is 51.8 Å². The van der Waals surface area contributed by atoms with Gasteiger partial charge in [-0.3, -0.25) is 4.79 Å². The number of likely N-dealkylation sites (N-methyl/N-ethyl adjacent to an activating group) is 1. The number of hydrogen-bond acceptors (Lipinski definition) is 4. The van der Waals surface area contributed by atoms with E-state index in [2.05, 4.69) is 15.5 Å². The number of hydrogen-bond donors (Lipinski definition) is 3. The minimum absolute atomic E-state index is 0.232. The molecular formula is C12H24ClN3O3. The molecule has 0 fully saturated rings. The van der Waals surface area contributed by atoms with Crippen LogP contribution in [0.2, 0.25) is 0 Å². The summed E-state index contributed by atoms with van der Waals surface area (Å²) in [5, 5.41) is 5.10. The number of nitrogens with one attached hydrogen (secondary N) is 3.